The summed E-state index contributed by atoms with van der Waals surface area (Å²) >= 11 is 0. The first-order valence-electron chi connectivity index (χ1n) is 9.53. The molecule has 2 aromatic carbocycles. The van der Waals surface area contributed by atoms with Crippen molar-refractivity contribution in [1.29, 1.82) is 0 Å². The lowest BCUT2D eigenvalue weighted by Crippen LogP contribution is -2.35. The number of benzene rings is 2. The molecule has 2 saturated heterocycles. The molecule has 124 valence electrons. The second-order valence-electron chi connectivity index (χ2n) is 7.75. The maximum Gasteiger partial charge on any atom is 0.0235 e. The highest BCUT2D eigenvalue weighted by Gasteiger charge is 2.29. The smallest absolute Gasteiger partial charge is 0.0235 e. The van der Waals surface area contributed by atoms with Crippen molar-refractivity contribution in [3.8, 4) is 11.1 Å². The van der Waals surface area contributed by atoms with E-state index < -0.39 is 0 Å². The van der Waals surface area contributed by atoms with Crippen molar-refractivity contribution < 1.29 is 0 Å². The highest BCUT2D eigenvalue weighted by Crippen LogP contribution is 2.37. The molecule has 0 amide bonds. The molecule has 3 aliphatic rings. The Balaban J connectivity index is 1.29. The van der Waals surface area contributed by atoms with E-state index in [9.17, 15) is 0 Å². The molecule has 2 nitrogen and oxygen atoms in total. The van der Waals surface area contributed by atoms with Gasteiger partial charge in [-0.3, -0.25) is 9.80 Å². The van der Waals surface area contributed by atoms with Crippen LogP contribution in [-0.2, 0) is 13.0 Å². The molecule has 0 saturated carbocycles. The summed E-state index contributed by atoms with van der Waals surface area (Å²) in [6, 6.07) is 16.8. The summed E-state index contributed by atoms with van der Waals surface area (Å²) in [4.78, 5) is 5.38. The van der Waals surface area contributed by atoms with Crippen LogP contribution in [-0.4, -0.2) is 42.0 Å². The van der Waals surface area contributed by atoms with E-state index in [1.54, 1.807) is 0 Å². The summed E-state index contributed by atoms with van der Waals surface area (Å²) in [6.07, 6.45) is 5.27. The normalized spacial score (nSPS) is 23.6. The third-order valence-electron chi connectivity index (χ3n) is 6.17. The molecule has 24 heavy (non-hydrogen) atoms. The van der Waals surface area contributed by atoms with E-state index in [1.807, 2.05) is 0 Å². The number of likely N-dealkylation sites (tertiary alicyclic amines) is 2. The zero-order valence-corrected chi connectivity index (χ0v) is 14.4. The van der Waals surface area contributed by atoms with Gasteiger partial charge < -0.3 is 0 Å². The second kappa shape index (κ2) is 6.02. The van der Waals surface area contributed by atoms with Gasteiger partial charge >= 0.3 is 0 Å². The van der Waals surface area contributed by atoms with Crippen LogP contribution in [0.3, 0.4) is 0 Å². The van der Waals surface area contributed by atoms with Crippen LogP contribution >= 0.6 is 0 Å². The van der Waals surface area contributed by atoms with Crippen LogP contribution in [0.1, 0.15) is 36.0 Å². The van der Waals surface area contributed by atoms with E-state index >= 15 is 0 Å². The Morgan fingerprint density at radius 2 is 1.71 bits per heavy atom. The molecule has 0 aromatic heterocycles. The molecule has 2 fully saturated rings. The molecule has 0 spiro atoms. The van der Waals surface area contributed by atoms with Crippen LogP contribution in [0, 0.1) is 0 Å². The lowest BCUT2D eigenvalue weighted by atomic mass is 10.0. The lowest BCUT2D eigenvalue weighted by molar-refractivity contribution is 0.230. The number of nitrogens with zero attached hydrogens (tertiary/aromatic N) is 2. The number of hydrogen-bond donors (Lipinski definition) is 0. The SMILES string of the molecule is c1ccc2c(c1)Cc1cc(CN3CCC(N4CCCC4)C3)ccc1-2. The second-order valence-corrected chi connectivity index (χ2v) is 7.75. The highest BCUT2D eigenvalue weighted by molar-refractivity contribution is 5.76. The minimum Gasteiger partial charge on any atom is -0.299 e. The molecule has 0 bridgehead atoms. The maximum absolute atomic E-state index is 2.72. The highest BCUT2D eigenvalue weighted by atomic mass is 15.3. The average molecular weight is 318 g/mol. The average Bonchev–Trinajstić information content (AvgIpc) is 3.33. The monoisotopic (exact) mass is 318 g/mol. The van der Waals surface area contributed by atoms with Crippen LogP contribution < -0.4 is 0 Å². The van der Waals surface area contributed by atoms with Gasteiger partial charge in [-0.15, -0.1) is 0 Å². The molecule has 2 aromatic rings. The first-order chi connectivity index (χ1) is 11.9. The van der Waals surface area contributed by atoms with Gasteiger partial charge in [0.25, 0.3) is 0 Å². The van der Waals surface area contributed by atoms with Gasteiger partial charge in [0.05, 0.1) is 0 Å². The third kappa shape index (κ3) is 2.58. The molecule has 1 atom stereocenters. The fourth-order valence-electron chi connectivity index (χ4n) is 4.92. The maximum atomic E-state index is 2.72. The van der Waals surface area contributed by atoms with E-state index in [-0.39, 0.29) is 0 Å². The summed E-state index contributed by atoms with van der Waals surface area (Å²) in [5, 5.41) is 0. The number of rotatable bonds is 3. The van der Waals surface area contributed by atoms with Gasteiger partial charge in [-0.2, -0.15) is 0 Å². The molecule has 2 heteroatoms. The fraction of sp³-hybridized carbons (Fsp3) is 0.455. The lowest BCUT2D eigenvalue weighted by Gasteiger charge is -2.23. The Morgan fingerprint density at radius 3 is 2.62 bits per heavy atom. The summed E-state index contributed by atoms with van der Waals surface area (Å²) < 4.78 is 0. The Morgan fingerprint density at radius 1 is 0.875 bits per heavy atom. The first kappa shape index (κ1) is 14.7. The van der Waals surface area contributed by atoms with E-state index in [4.69, 9.17) is 0 Å². The van der Waals surface area contributed by atoms with Crippen molar-refractivity contribution in [3.63, 3.8) is 0 Å². The number of hydrogen-bond acceptors (Lipinski definition) is 2. The van der Waals surface area contributed by atoms with Crippen molar-refractivity contribution in [3.05, 3.63) is 59.2 Å². The summed E-state index contributed by atoms with van der Waals surface area (Å²) in [6.45, 7) is 6.30. The number of fused-ring (bicyclic) bond motifs is 3. The summed E-state index contributed by atoms with van der Waals surface area (Å²) in [7, 11) is 0. The van der Waals surface area contributed by atoms with Crippen molar-refractivity contribution >= 4 is 0 Å². The minimum atomic E-state index is 0.811. The third-order valence-corrected chi connectivity index (χ3v) is 6.17. The summed E-state index contributed by atoms with van der Waals surface area (Å²) in [5.74, 6) is 0. The topological polar surface area (TPSA) is 6.48 Å². The molecule has 1 aliphatic carbocycles. The molecule has 1 unspecified atom stereocenters. The van der Waals surface area contributed by atoms with Crippen molar-refractivity contribution in [2.45, 2.75) is 38.3 Å². The van der Waals surface area contributed by atoms with Gasteiger partial charge in [0.2, 0.25) is 0 Å². The van der Waals surface area contributed by atoms with Gasteiger partial charge in [-0.25, -0.2) is 0 Å². The van der Waals surface area contributed by atoms with Gasteiger partial charge in [-0.05, 0) is 66.6 Å². The van der Waals surface area contributed by atoms with E-state index in [2.05, 4.69) is 52.3 Å². The van der Waals surface area contributed by atoms with Crippen LogP contribution in [0.4, 0.5) is 0 Å². The Hall–Kier alpha value is -1.64. The molecule has 2 heterocycles. The standard InChI is InChI=1S/C22H26N2/c1-2-6-21-18(5-1)14-19-13-17(7-8-22(19)21)15-23-12-9-20(16-23)24-10-3-4-11-24/h1-2,5-8,13,20H,3-4,9-12,14-16H2. The van der Waals surface area contributed by atoms with Gasteiger partial charge in [0, 0.05) is 25.7 Å². The zero-order valence-electron chi connectivity index (χ0n) is 14.4. The van der Waals surface area contributed by atoms with Crippen molar-refractivity contribution in [2.75, 3.05) is 26.2 Å². The molecule has 0 N–H and O–H groups in total. The molecule has 0 radical (unpaired) electrons. The van der Waals surface area contributed by atoms with Gasteiger partial charge in [0.1, 0.15) is 0 Å². The van der Waals surface area contributed by atoms with Crippen LogP contribution in [0.2, 0.25) is 0 Å². The van der Waals surface area contributed by atoms with Crippen molar-refractivity contribution in [2.24, 2.45) is 0 Å². The molecular formula is C22H26N2. The Bertz CT molecular complexity index is 745. The minimum absolute atomic E-state index is 0.811. The van der Waals surface area contributed by atoms with Crippen LogP contribution in [0.25, 0.3) is 11.1 Å². The van der Waals surface area contributed by atoms with Crippen LogP contribution in [0.5, 0.6) is 0 Å². The van der Waals surface area contributed by atoms with E-state index in [1.165, 1.54) is 73.3 Å². The first-order valence-corrected chi connectivity index (χ1v) is 9.53. The van der Waals surface area contributed by atoms with E-state index in [0.717, 1.165) is 19.0 Å². The van der Waals surface area contributed by atoms with Crippen molar-refractivity contribution in [1.82, 2.24) is 9.80 Å². The Labute approximate surface area is 145 Å². The Kier molecular flexibility index (Phi) is 3.68. The predicted octanol–water partition coefficient (Wildman–Crippen LogP) is 3.93. The van der Waals surface area contributed by atoms with Gasteiger partial charge in [-0.1, -0.05) is 42.5 Å². The quantitative estimate of drug-likeness (QED) is 0.722. The summed E-state index contributed by atoms with van der Waals surface area (Å²) in [5.41, 5.74) is 7.38. The molecule has 2 aliphatic heterocycles. The largest absolute Gasteiger partial charge is 0.299 e. The predicted molar refractivity (Wildman–Crippen MR) is 99.2 cm³/mol. The fourth-order valence-corrected chi connectivity index (χ4v) is 4.92. The van der Waals surface area contributed by atoms with E-state index in [0.29, 0.717) is 0 Å². The van der Waals surface area contributed by atoms with Crippen LogP contribution in [0.15, 0.2) is 42.5 Å². The molecular weight excluding hydrogens is 292 g/mol. The molecule has 5 rings (SSSR count). The van der Waals surface area contributed by atoms with Gasteiger partial charge in [0.15, 0.2) is 0 Å². The zero-order chi connectivity index (χ0) is 15.9.